The lowest BCUT2D eigenvalue weighted by Crippen LogP contribution is -2.41. The quantitative estimate of drug-likeness (QED) is 0.0773. The average molecular weight is 715 g/mol. The summed E-state index contributed by atoms with van der Waals surface area (Å²) in [7, 11) is 0. The number of nitrogen functional groups attached to an aromatic ring is 1. The molecular weight excluding hydrogens is 680 g/mol. The average Bonchev–Trinajstić information content (AvgIpc) is 3.60. The van der Waals surface area contributed by atoms with Gasteiger partial charge >= 0.3 is 11.9 Å². The number of imidazole rings is 1. The number of primary amides is 1. The van der Waals surface area contributed by atoms with E-state index in [1.54, 1.807) is 12.1 Å². The number of hydrogen-bond donors (Lipinski definition) is 11. The molecule has 0 radical (unpaired) electrons. The van der Waals surface area contributed by atoms with E-state index in [0.717, 1.165) is 10.9 Å². The number of carboxylic acid groups (broad SMARTS) is 2. The Morgan fingerprint density at radius 3 is 2.27 bits per heavy atom. The summed E-state index contributed by atoms with van der Waals surface area (Å²) >= 11 is 0. The number of nitrogens with one attached hydrogen (secondary N) is 2. The lowest BCUT2D eigenvalue weighted by Gasteiger charge is -2.16. The van der Waals surface area contributed by atoms with Crippen molar-refractivity contribution < 1.29 is 59.7 Å². The number of nitrogens with zero attached hydrogens (tertiary/aromatic N) is 6. The molecule has 22 nitrogen and oxygen atoms in total. The van der Waals surface area contributed by atoms with Crippen LogP contribution in [0.25, 0.3) is 11.2 Å². The number of fused-ring (bicyclic) bond motifs is 1. The number of aliphatic carboxylic acids is 2. The summed E-state index contributed by atoms with van der Waals surface area (Å²) in [6, 6.07) is 4.58. The van der Waals surface area contributed by atoms with E-state index in [1.165, 1.54) is 18.3 Å². The van der Waals surface area contributed by atoms with Crippen molar-refractivity contribution in [2.45, 2.75) is 56.4 Å². The molecule has 0 saturated carbocycles. The van der Waals surface area contributed by atoms with E-state index in [1.807, 2.05) is 6.92 Å². The number of anilines is 2. The van der Waals surface area contributed by atoms with Gasteiger partial charge in [0.05, 0.1) is 24.5 Å². The Morgan fingerprint density at radius 1 is 1.02 bits per heavy atom. The van der Waals surface area contributed by atoms with E-state index < -0.39 is 66.8 Å². The molecule has 1 aliphatic heterocycles. The van der Waals surface area contributed by atoms with Crippen LogP contribution >= 0.6 is 0 Å². The van der Waals surface area contributed by atoms with E-state index in [0.29, 0.717) is 11.4 Å². The number of nitrogens with two attached hydrogens (primary N) is 2. The van der Waals surface area contributed by atoms with Crippen LogP contribution in [-0.4, -0.2) is 120 Å². The molecule has 2 amide bonds. The first-order chi connectivity index (χ1) is 24.1. The van der Waals surface area contributed by atoms with Gasteiger partial charge in [0, 0.05) is 17.7 Å². The van der Waals surface area contributed by atoms with Crippen LogP contribution in [0, 0.1) is 0 Å². The van der Waals surface area contributed by atoms with Gasteiger partial charge in [0.1, 0.15) is 30.7 Å². The van der Waals surface area contributed by atoms with E-state index in [4.69, 9.17) is 26.4 Å². The van der Waals surface area contributed by atoms with E-state index >= 15 is 0 Å². The van der Waals surface area contributed by atoms with Gasteiger partial charge in [-0.1, -0.05) is 0 Å². The van der Waals surface area contributed by atoms with Gasteiger partial charge in [-0.05, 0) is 37.6 Å². The summed E-state index contributed by atoms with van der Waals surface area (Å²) in [5, 5.41) is 71.2. The number of amides is 2. The molecule has 5 rings (SSSR count). The number of aromatic hydroxyl groups is 2. The summed E-state index contributed by atoms with van der Waals surface area (Å²) in [5.41, 5.74) is 11.7. The van der Waals surface area contributed by atoms with Crippen molar-refractivity contribution in [2.75, 3.05) is 17.7 Å². The highest BCUT2D eigenvalue weighted by molar-refractivity contribution is 5.97. The predicted molar refractivity (Wildman–Crippen MR) is 171 cm³/mol. The summed E-state index contributed by atoms with van der Waals surface area (Å²) in [6.07, 6.45) is -2.89. The summed E-state index contributed by atoms with van der Waals surface area (Å²) in [5.74, 6) is -5.10. The molecule has 4 aromatic rings. The topological polar surface area (TPSA) is 365 Å². The number of hydrogen-bond acceptors (Lipinski definition) is 17. The third-order valence-corrected chi connectivity index (χ3v) is 7.44. The van der Waals surface area contributed by atoms with Crippen LogP contribution in [0.4, 0.5) is 11.6 Å². The van der Waals surface area contributed by atoms with Gasteiger partial charge in [0.25, 0.3) is 11.8 Å². The van der Waals surface area contributed by atoms with Crippen molar-refractivity contribution in [2.24, 2.45) is 5.73 Å². The van der Waals surface area contributed by atoms with Crippen LogP contribution < -0.4 is 22.1 Å². The molecule has 3 aromatic heterocycles. The smallest absolute Gasteiger partial charge is 0.326 e. The molecule has 1 aliphatic rings. The molecule has 0 bridgehead atoms. The Balaban J connectivity index is 0.000000272. The minimum atomic E-state index is -1.37. The third kappa shape index (κ3) is 8.87. The maximum Gasteiger partial charge on any atom is 0.326 e. The van der Waals surface area contributed by atoms with Crippen LogP contribution in [0.2, 0.25) is 0 Å². The highest BCUT2D eigenvalue weighted by Crippen LogP contribution is 2.33. The van der Waals surface area contributed by atoms with Crippen LogP contribution in [0.5, 0.6) is 11.8 Å². The van der Waals surface area contributed by atoms with Gasteiger partial charge in [-0.15, -0.1) is 0 Å². The molecule has 22 heteroatoms. The van der Waals surface area contributed by atoms with Crippen molar-refractivity contribution in [1.29, 1.82) is 0 Å². The second-order valence-electron chi connectivity index (χ2n) is 11.0. The van der Waals surface area contributed by atoms with Gasteiger partial charge in [-0.3, -0.25) is 19.0 Å². The van der Waals surface area contributed by atoms with E-state index in [-0.39, 0.29) is 53.1 Å². The molecule has 6 atom stereocenters. The molecule has 51 heavy (non-hydrogen) atoms. The fourth-order valence-corrected chi connectivity index (χ4v) is 4.76. The highest BCUT2D eigenvalue weighted by atomic mass is 16.6. The second-order valence-corrected chi connectivity index (χ2v) is 11.0. The zero-order valence-electron chi connectivity index (χ0n) is 26.6. The number of ether oxygens (including phenoxy) is 1. The Kier molecular flexibility index (Phi) is 11.8. The van der Waals surface area contributed by atoms with Crippen molar-refractivity contribution in [3.8, 4) is 11.8 Å². The highest BCUT2D eigenvalue weighted by Gasteiger charge is 2.44. The molecule has 1 aromatic carbocycles. The second kappa shape index (κ2) is 16.0. The van der Waals surface area contributed by atoms with Crippen LogP contribution in [0.1, 0.15) is 58.6 Å². The predicted octanol–water partition coefficient (Wildman–Crippen LogP) is -1.77. The lowest BCUT2D eigenvalue weighted by atomic mass is 10.1. The SMILES string of the molecule is CC(Nc1ccc(C(=O)NC(CCC(=O)O)C(=O)O)cc1)c1cnc2nc(N)nc(O)c2n1.NC(=O)c1ncn([C@@H]2O[C@H](CO)[C@@H](O)[C@H]2O)c1O. The Bertz CT molecular complexity index is 1910. The number of carbonyl (C=O) groups excluding carboxylic acids is 2. The molecule has 272 valence electrons. The van der Waals surface area contributed by atoms with Crippen molar-refractivity contribution in [3.63, 3.8) is 0 Å². The minimum absolute atomic E-state index is 0.109. The fraction of sp³-hybridized carbons (Fsp3) is 0.345. The Morgan fingerprint density at radius 2 is 1.71 bits per heavy atom. The Labute approximate surface area is 286 Å². The van der Waals surface area contributed by atoms with E-state index in [2.05, 4.69) is 35.6 Å². The minimum Gasteiger partial charge on any atom is -0.493 e. The molecule has 0 spiro atoms. The van der Waals surface area contributed by atoms with Crippen LogP contribution in [0.3, 0.4) is 0 Å². The number of aliphatic hydroxyl groups excluding tert-OH is 3. The van der Waals surface area contributed by atoms with Gasteiger partial charge < -0.3 is 62.6 Å². The molecule has 1 saturated heterocycles. The molecule has 1 fully saturated rings. The number of benzene rings is 1. The van der Waals surface area contributed by atoms with Gasteiger partial charge in [-0.25, -0.2) is 19.7 Å². The first-order valence-electron chi connectivity index (χ1n) is 14.9. The molecule has 2 unspecified atom stereocenters. The van der Waals surface area contributed by atoms with Crippen molar-refractivity contribution in [1.82, 2.24) is 34.8 Å². The summed E-state index contributed by atoms with van der Waals surface area (Å²) < 4.78 is 6.12. The van der Waals surface area contributed by atoms with Crippen molar-refractivity contribution >= 4 is 46.6 Å². The van der Waals surface area contributed by atoms with Crippen molar-refractivity contribution in [3.05, 3.63) is 53.7 Å². The molecular formula is C29H34N10O12. The van der Waals surface area contributed by atoms with E-state index in [9.17, 15) is 44.7 Å². The maximum absolute atomic E-state index is 12.3. The number of carboxylic acids is 2. The normalized spacial score (nSPS) is 19.4. The van der Waals surface area contributed by atoms with Gasteiger partial charge in [0.15, 0.2) is 23.1 Å². The largest absolute Gasteiger partial charge is 0.493 e. The molecule has 4 heterocycles. The molecule has 13 N–H and O–H groups in total. The van der Waals surface area contributed by atoms with Crippen LogP contribution in [0.15, 0.2) is 36.8 Å². The number of aromatic nitrogens is 6. The summed E-state index contributed by atoms with van der Waals surface area (Å²) in [4.78, 5) is 64.8. The standard InChI is InChI=1S/C20H21N7O6.C9H13N3O6/c1-9(13-8-22-16-15(24-13)18(31)27-20(21)26-16)23-11-4-2-10(3-5-11)17(30)25-12(19(32)33)6-7-14(28)29;10-7(16)4-8(17)12(2-11-4)9-6(15)5(14)3(1-13)18-9/h2-5,8-9,12,23H,6-7H2,1H3,(H,25,30)(H,28,29)(H,32,33)(H3,21,22,26,27,31);2-3,5-6,9,13-15,17H,1H2,(H2,10,16)/t;3-,5-,6-,9-/m.1/s1. The summed E-state index contributed by atoms with van der Waals surface area (Å²) in [6.45, 7) is 1.32. The fourth-order valence-electron chi connectivity index (χ4n) is 4.76. The maximum atomic E-state index is 12.3. The van der Waals surface area contributed by atoms with Crippen LogP contribution in [-0.2, 0) is 14.3 Å². The zero-order valence-corrected chi connectivity index (χ0v) is 26.6. The zero-order chi connectivity index (χ0) is 37.6. The monoisotopic (exact) mass is 714 g/mol. The van der Waals surface area contributed by atoms with Gasteiger partial charge in [0.2, 0.25) is 17.7 Å². The third-order valence-electron chi connectivity index (χ3n) is 7.44. The number of carbonyl (C=O) groups is 4. The molecule has 0 aliphatic carbocycles. The number of rotatable bonds is 12. The number of aliphatic hydroxyl groups is 3. The van der Waals surface area contributed by atoms with Gasteiger partial charge in [-0.2, -0.15) is 9.97 Å². The first-order valence-corrected chi connectivity index (χ1v) is 14.9. The Hall–Kier alpha value is -6.23. The first kappa shape index (κ1) is 37.6. The lowest BCUT2D eigenvalue weighted by molar-refractivity contribution is -0.140.